The fourth-order valence-corrected chi connectivity index (χ4v) is 3.37. The molecule has 2 aromatic carbocycles. The molecule has 160 valence electrons. The fraction of sp³-hybridized carbons (Fsp3) is 0.227. The van der Waals surface area contributed by atoms with Crippen molar-refractivity contribution in [2.24, 2.45) is 0 Å². The molecule has 0 saturated carbocycles. The number of hydrogen-bond donors (Lipinski definition) is 2. The molecule has 0 atom stereocenters. The molecule has 0 unspecified atom stereocenters. The van der Waals surface area contributed by atoms with Gasteiger partial charge in [0.25, 0.3) is 0 Å². The lowest BCUT2D eigenvalue weighted by atomic mass is 10.2. The highest BCUT2D eigenvalue weighted by Crippen LogP contribution is 2.24. The van der Waals surface area contributed by atoms with Crippen LogP contribution in [0.25, 0.3) is 0 Å². The molecule has 1 fully saturated rings. The highest BCUT2D eigenvalue weighted by Gasteiger charge is 2.15. The molecule has 0 spiro atoms. The highest BCUT2D eigenvalue weighted by atomic mass is 35.5. The van der Waals surface area contributed by atoms with Crippen molar-refractivity contribution in [2.45, 2.75) is 0 Å². The minimum atomic E-state index is -0.354. The summed E-state index contributed by atoms with van der Waals surface area (Å²) >= 11 is 6.12. The second-order valence-electron chi connectivity index (χ2n) is 7.00. The zero-order valence-electron chi connectivity index (χ0n) is 17.1. The molecular weight excluding hydrogens is 416 g/mol. The van der Waals surface area contributed by atoms with E-state index < -0.39 is 0 Å². The number of amides is 2. The molecule has 9 heteroatoms. The third-order valence-corrected chi connectivity index (χ3v) is 5.26. The molecule has 31 heavy (non-hydrogen) atoms. The third kappa shape index (κ3) is 5.22. The van der Waals surface area contributed by atoms with Crippen LogP contribution in [-0.4, -0.2) is 49.4 Å². The van der Waals surface area contributed by atoms with Crippen LogP contribution < -0.4 is 20.4 Å². The minimum Gasteiger partial charge on any atom is -0.378 e. The number of carbonyl (C=O) groups is 1. The highest BCUT2D eigenvalue weighted by molar-refractivity contribution is 6.33. The average molecular weight is 439 g/mol. The van der Waals surface area contributed by atoms with E-state index in [0.29, 0.717) is 22.3 Å². The molecule has 0 radical (unpaired) electrons. The molecule has 8 nitrogen and oxygen atoms in total. The molecule has 0 bridgehead atoms. The number of nitrogens with one attached hydrogen (secondary N) is 2. The summed E-state index contributed by atoms with van der Waals surface area (Å²) < 4.78 is 5.40. The van der Waals surface area contributed by atoms with Crippen molar-refractivity contribution >= 4 is 46.3 Å². The number of morpholine rings is 1. The molecular formula is C22H23ClN6O2. The monoisotopic (exact) mass is 438 g/mol. The number of anilines is 5. The van der Waals surface area contributed by atoms with Gasteiger partial charge in [0.15, 0.2) is 0 Å². The SMILES string of the molecule is CN(C(=O)Nc1ccccc1Cl)c1cc(Nc2ccc(N3CCOCC3)cc2)ncn1. The zero-order chi connectivity index (χ0) is 21.6. The number of benzene rings is 2. The van der Waals surface area contributed by atoms with Crippen molar-refractivity contribution in [3.63, 3.8) is 0 Å². The van der Waals surface area contributed by atoms with Crippen molar-refractivity contribution in [3.8, 4) is 0 Å². The maximum Gasteiger partial charge on any atom is 0.327 e. The fourth-order valence-electron chi connectivity index (χ4n) is 3.19. The summed E-state index contributed by atoms with van der Waals surface area (Å²) in [5.41, 5.74) is 2.59. The first kappa shape index (κ1) is 20.9. The van der Waals surface area contributed by atoms with E-state index in [2.05, 4.69) is 37.6 Å². The summed E-state index contributed by atoms with van der Waals surface area (Å²) in [6.45, 7) is 3.29. The van der Waals surface area contributed by atoms with E-state index >= 15 is 0 Å². The number of halogens is 1. The molecule has 2 N–H and O–H groups in total. The maximum absolute atomic E-state index is 12.6. The quantitative estimate of drug-likeness (QED) is 0.615. The van der Waals surface area contributed by atoms with Crippen LogP contribution in [0.15, 0.2) is 60.9 Å². The van der Waals surface area contributed by atoms with Crippen LogP contribution in [0, 0.1) is 0 Å². The third-order valence-electron chi connectivity index (χ3n) is 4.93. The topological polar surface area (TPSA) is 82.6 Å². The second kappa shape index (κ2) is 9.63. The van der Waals surface area contributed by atoms with Crippen LogP contribution in [0.3, 0.4) is 0 Å². The molecule has 1 aliphatic rings. The van der Waals surface area contributed by atoms with Gasteiger partial charge < -0.3 is 20.3 Å². The Bertz CT molecular complexity index is 1040. The molecule has 1 aromatic heterocycles. The van der Waals surface area contributed by atoms with E-state index in [4.69, 9.17) is 16.3 Å². The zero-order valence-corrected chi connectivity index (χ0v) is 17.8. The summed E-state index contributed by atoms with van der Waals surface area (Å²) in [6, 6.07) is 16.6. The van der Waals surface area contributed by atoms with Crippen LogP contribution in [0.1, 0.15) is 0 Å². The Labute approximate surface area is 185 Å². The lowest BCUT2D eigenvalue weighted by molar-refractivity contribution is 0.122. The number of aromatic nitrogens is 2. The van der Waals surface area contributed by atoms with Crippen LogP contribution in [-0.2, 0) is 4.74 Å². The van der Waals surface area contributed by atoms with Gasteiger partial charge in [-0.25, -0.2) is 14.8 Å². The van der Waals surface area contributed by atoms with Gasteiger partial charge in [0.2, 0.25) is 0 Å². The number of urea groups is 1. The predicted molar refractivity (Wildman–Crippen MR) is 124 cm³/mol. The standard InChI is InChI=1S/C22H23ClN6O2/c1-28(22(30)27-19-5-3-2-4-18(19)23)21-14-20(24-15-25-21)26-16-6-8-17(9-7-16)29-10-12-31-13-11-29/h2-9,14-15H,10-13H2,1H3,(H,27,30)(H,24,25,26). The van der Waals surface area contributed by atoms with Crippen LogP contribution in [0.4, 0.5) is 33.5 Å². The normalized spacial score (nSPS) is 13.5. The van der Waals surface area contributed by atoms with Gasteiger partial charge in [0, 0.05) is 37.6 Å². The number of hydrogen-bond acceptors (Lipinski definition) is 6. The Hall–Kier alpha value is -3.36. The molecule has 1 aliphatic heterocycles. The second-order valence-corrected chi connectivity index (χ2v) is 7.41. The van der Waals surface area contributed by atoms with E-state index in [1.54, 1.807) is 37.4 Å². The Morgan fingerprint density at radius 2 is 1.84 bits per heavy atom. The lowest BCUT2D eigenvalue weighted by Gasteiger charge is -2.28. The maximum atomic E-state index is 12.6. The Morgan fingerprint density at radius 1 is 1.10 bits per heavy atom. The first-order valence-electron chi connectivity index (χ1n) is 9.91. The van der Waals surface area contributed by atoms with Gasteiger partial charge in [-0.3, -0.25) is 4.90 Å². The smallest absolute Gasteiger partial charge is 0.327 e. The average Bonchev–Trinajstić information content (AvgIpc) is 2.81. The van der Waals surface area contributed by atoms with E-state index in [1.807, 2.05) is 12.1 Å². The Balaban J connectivity index is 1.41. The van der Waals surface area contributed by atoms with Crippen molar-refractivity contribution in [1.82, 2.24) is 9.97 Å². The first-order chi connectivity index (χ1) is 15.1. The summed E-state index contributed by atoms with van der Waals surface area (Å²) in [5.74, 6) is 1.04. The van der Waals surface area contributed by atoms with Gasteiger partial charge in [0.1, 0.15) is 18.0 Å². The largest absolute Gasteiger partial charge is 0.378 e. The van der Waals surface area contributed by atoms with E-state index in [0.717, 1.165) is 37.7 Å². The van der Waals surface area contributed by atoms with E-state index in [9.17, 15) is 4.79 Å². The first-order valence-corrected chi connectivity index (χ1v) is 10.3. The molecule has 0 aliphatic carbocycles. The Morgan fingerprint density at radius 3 is 2.58 bits per heavy atom. The molecule has 3 aromatic rings. The summed E-state index contributed by atoms with van der Waals surface area (Å²) in [6.07, 6.45) is 1.42. The number of carbonyl (C=O) groups excluding carboxylic acids is 1. The van der Waals surface area contributed by atoms with Crippen molar-refractivity contribution in [2.75, 3.05) is 53.8 Å². The molecule has 1 saturated heterocycles. The molecule has 2 amide bonds. The van der Waals surface area contributed by atoms with Gasteiger partial charge in [-0.1, -0.05) is 23.7 Å². The summed E-state index contributed by atoms with van der Waals surface area (Å²) in [7, 11) is 1.63. The Kier molecular flexibility index (Phi) is 6.49. The number of para-hydroxylation sites is 1. The predicted octanol–water partition coefficient (Wildman–Crippen LogP) is 4.38. The summed E-state index contributed by atoms with van der Waals surface area (Å²) in [4.78, 5) is 24.7. The van der Waals surface area contributed by atoms with Gasteiger partial charge in [-0.2, -0.15) is 0 Å². The van der Waals surface area contributed by atoms with Crippen molar-refractivity contribution < 1.29 is 9.53 Å². The molecule has 4 rings (SSSR count). The number of ether oxygens (including phenoxy) is 1. The summed E-state index contributed by atoms with van der Waals surface area (Å²) in [5, 5.41) is 6.50. The molecule has 2 heterocycles. The van der Waals surface area contributed by atoms with E-state index in [1.165, 1.54) is 11.2 Å². The lowest BCUT2D eigenvalue weighted by Crippen LogP contribution is -2.36. The van der Waals surface area contributed by atoms with Gasteiger partial charge in [0.05, 0.1) is 23.9 Å². The minimum absolute atomic E-state index is 0.354. The van der Waals surface area contributed by atoms with E-state index in [-0.39, 0.29) is 6.03 Å². The number of rotatable bonds is 5. The van der Waals surface area contributed by atoms with Crippen LogP contribution in [0.5, 0.6) is 0 Å². The van der Waals surface area contributed by atoms with Gasteiger partial charge in [-0.15, -0.1) is 0 Å². The van der Waals surface area contributed by atoms with Crippen molar-refractivity contribution in [1.29, 1.82) is 0 Å². The van der Waals surface area contributed by atoms with Crippen LogP contribution >= 0.6 is 11.6 Å². The van der Waals surface area contributed by atoms with Crippen LogP contribution in [0.2, 0.25) is 5.02 Å². The van der Waals surface area contributed by atoms with Gasteiger partial charge in [-0.05, 0) is 36.4 Å². The van der Waals surface area contributed by atoms with Crippen molar-refractivity contribution in [3.05, 3.63) is 65.9 Å². The van der Waals surface area contributed by atoms with Gasteiger partial charge >= 0.3 is 6.03 Å². The number of nitrogens with zero attached hydrogens (tertiary/aromatic N) is 4.